The summed E-state index contributed by atoms with van der Waals surface area (Å²) < 4.78 is 10.2. The van der Waals surface area contributed by atoms with Crippen LogP contribution in [0.15, 0.2) is 16.4 Å². The van der Waals surface area contributed by atoms with Crippen LogP contribution in [0.5, 0.6) is 0 Å². The number of morpholine rings is 1. The van der Waals surface area contributed by atoms with Crippen LogP contribution in [0, 0.1) is 11.3 Å². The van der Waals surface area contributed by atoms with Gasteiger partial charge in [-0.15, -0.1) is 0 Å². The van der Waals surface area contributed by atoms with Crippen LogP contribution in [0.1, 0.15) is 32.6 Å². The van der Waals surface area contributed by atoms with E-state index in [1.54, 1.807) is 6.92 Å². The zero-order valence-electron chi connectivity index (χ0n) is 12.4. The SMILES string of the molecule is CCOC(=O)C(C#N)=NC1=C(N2CCOCC2)CCCC1. The molecule has 21 heavy (non-hydrogen) atoms. The van der Waals surface area contributed by atoms with Crippen molar-refractivity contribution in [1.82, 2.24) is 4.90 Å². The van der Waals surface area contributed by atoms with Gasteiger partial charge >= 0.3 is 5.97 Å². The minimum Gasteiger partial charge on any atom is -0.461 e. The standard InChI is InChI=1S/C15H21N3O3/c1-2-21-15(19)13(11-16)17-12-5-3-4-6-14(12)18-7-9-20-10-8-18/h2-10H2,1H3. The van der Waals surface area contributed by atoms with Gasteiger partial charge in [-0.3, -0.25) is 0 Å². The Morgan fingerprint density at radius 2 is 2.10 bits per heavy atom. The molecule has 2 aliphatic rings. The first kappa shape index (κ1) is 15.5. The maximum Gasteiger partial charge on any atom is 0.367 e. The summed E-state index contributed by atoms with van der Waals surface area (Å²) in [4.78, 5) is 18.3. The zero-order chi connectivity index (χ0) is 15.1. The predicted molar refractivity (Wildman–Crippen MR) is 77.6 cm³/mol. The highest BCUT2D eigenvalue weighted by atomic mass is 16.5. The van der Waals surface area contributed by atoms with E-state index >= 15 is 0 Å². The number of aliphatic imine (C=N–C) groups is 1. The van der Waals surface area contributed by atoms with Gasteiger partial charge in [-0.1, -0.05) is 0 Å². The van der Waals surface area contributed by atoms with Crippen molar-refractivity contribution in [3.8, 4) is 6.07 Å². The maximum atomic E-state index is 11.7. The fourth-order valence-corrected chi connectivity index (χ4v) is 2.62. The van der Waals surface area contributed by atoms with Gasteiger partial charge in [-0.25, -0.2) is 9.79 Å². The number of carbonyl (C=O) groups is 1. The van der Waals surface area contributed by atoms with Crippen LogP contribution in [-0.4, -0.2) is 49.5 Å². The summed E-state index contributed by atoms with van der Waals surface area (Å²) in [5.41, 5.74) is 1.86. The van der Waals surface area contributed by atoms with Crippen molar-refractivity contribution in [3.63, 3.8) is 0 Å². The smallest absolute Gasteiger partial charge is 0.367 e. The van der Waals surface area contributed by atoms with Gasteiger partial charge in [0.1, 0.15) is 6.07 Å². The molecule has 1 fully saturated rings. The van der Waals surface area contributed by atoms with Crippen LogP contribution < -0.4 is 0 Å². The van der Waals surface area contributed by atoms with E-state index in [1.165, 1.54) is 0 Å². The second kappa shape index (κ2) is 7.79. The summed E-state index contributed by atoms with van der Waals surface area (Å²) >= 11 is 0. The molecule has 0 aromatic rings. The number of carbonyl (C=O) groups excluding carboxylic acids is 1. The summed E-state index contributed by atoms with van der Waals surface area (Å²) in [6.45, 7) is 5.07. The number of ether oxygens (including phenoxy) is 2. The van der Waals surface area contributed by atoms with Crippen molar-refractivity contribution < 1.29 is 14.3 Å². The van der Waals surface area contributed by atoms with Crippen LogP contribution in [0.25, 0.3) is 0 Å². The monoisotopic (exact) mass is 291 g/mol. The predicted octanol–water partition coefficient (Wildman–Crippen LogP) is 1.63. The van der Waals surface area contributed by atoms with E-state index in [1.807, 2.05) is 6.07 Å². The molecule has 1 aliphatic carbocycles. The highest BCUT2D eigenvalue weighted by Gasteiger charge is 2.22. The summed E-state index contributed by atoms with van der Waals surface area (Å²) in [6.07, 6.45) is 3.90. The molecule has 0 radical (unpaired) electrons. The molecule has 1 saturated heterocycles. The third-order valence-corrected chi connectivity index (χ3v) is 3.62. The Hall–Kier alpha value is -1.87. The fraction of sp³-hybridized carbons (Fsp3) is 0.667. The molecule has 0 amide bonds. The lowest BCUT2D eigenvalue weighted by Gasteiger charge is -2.34. The van der Waals surface area contributed by atoms with Crippen molar-refractivity contribution in [1.29, 1.82) is 5.26 Å². The van der Waals surface area contributed by atoms with E-state index in [9.17, 15) is 4.79 Å². The minimum atomic E-state index is -0.639. The van der Waals surface area contributed by atoms with E-state index in [0.29, 0.717) is 13.2 Å². The molecule has 0 aromatic heterocycles. The van der Waals surface area contributed by atoms with E-state index in [0.717, 1.165) is 50.2 Å². The molecule has 0 N–H and O–H groups in total. The summed E-state index contributed by atoms with van der Waals surface area (Å²) in [5, 5.41) is 9.11. The second-order valence-corrected chi connectivity index (χ2v) is 4.99. The molecular weight excluding hydrogens is 270 g/mol. The normalized spacial score (nSPS) is 20.2. The van der Waals surface area contributed by atoms with Crippen molar-refractivity contribution >= 4 is 11.7 Å². The Labute approximate surface area is 125 Å². The van der Waals surface area contributed by atoms with E-state index in [2.05, 4.69) is 9.89 Å². The van der Waals surface area contributed by atoms with Crippen molar-refractivity contribution in [2.24, 2.45) is 4.99 Å². The van der Waals surface area contributed by atoms with Gasteiger partial charge in [0.15, 0.2) is 0 Å². The summed E-state index contributed by atoms with van der Waals surface area (Å²) in [5.74, 6) is -0.639. The molecule has 0 unspecified atom stereocenters. The lowest BCUT2D eigenvalue weighted by Crippen LogP contribution is -2.36. The van der Waals surface area contributed by atoms with Gasteiger partial charge in [0, 0.05) is 18.8 Å². The number of esters is 1. The lowest BCUT2D eigenvalue weighted by molar-refractivity contribution is -0.134. The number of hydrogen-bond acceptors (Lipinski definition) is 6. The maximum absolute atomic E-state index is 11.7. The van der Waals surface area contributed by atoms with E-state index in [-0.39, 0.29) is 12.3 Å². The minimum absolute atomic E-state index is 0.153. The Morgan fingerprint density at radius 3 is 2.76 bits per heavy atom. The molecule has 0 spiro atoms. The highest BCUT2D eigenvalue weighted by Crippen LogP contribution is 2.29. The van der Waals surface area contributed by atoms with Crippen molar-refractivity contribution in [3.05, 3.63) is 11.4 Å². The van der Waals surface area contributed by atoms with Crippen LogP contribution in [0.2, 0.25) is 0 Å². The van der Waals surface area contributed by atoms with Gasteiger partial charge in [-0.05, 0) is 32.6 Å². The van der Waals surface area contributed by atoms with Crippen LogP contribution >= 0.6 is 0 Å². The molecule has 0 aromatic carbocycles. The van der Waals surface area contributed by atoms with Crippen molar-refractivity contribution in [2.45, 2.75) is 32.6 Å². The molecule has 114 valence electrons. The third kappa shape index (κ3) is 4.05. The molecule has 2 rings (SSSR count). The number of allylic oxidation sites excluding steroid dienone is 2. The molecule has 0 atom stereocenters. The van der Waals surface area contributed by atoms with Gasteiger partial charge in [-0.2, -0.15) is 5.26 Å². The van der Waals surface area contributed by atoms with Gasteiger partial charge in [0.05, 0.1) is 25.5 Å². The average Bonchev–Trinajstić information content (AvgIpc) is 2.54. The quantitative estimate of drug-likeness (QED) is 0.581. The van der Waals surface area contributed by atoms with Crippen LogP contribution in [0.4, 0.5) is 0 Å². The Balaban J connectivity index is 2.25. The van der Waals surface area contributed by atoms with Crippen molar-refractivity contribution in [2.75, 3.05) is 32.9 Å². The van der Waals surface area contributed by atoms with Gasteiger partial charge in [0.25, 0.3) is 0 Å². The third-order valence-electron chi connectivity index (χ3n) is 3.62. The fourth-order valence-electron chi connectivity index (χ4n) is 2.62. The van der Waals surface area contributed by atoms with Gasteiger partial charge < -0.3 is 14.4 Å². The largest absolute Gasteiger partial charge is 0.461 e. The number of nitriles is 1. The molecule has 0 saturated carbocycles. The molecular formula is C15H21N3O3. The average molecular weight is 291 g/mol. The first-order valence-corrected chi connectivity index (χ1v) is 7.47. The Morgan fingerprint density at radius 1 is 1.38 bits per heavy atom. The van der Waals surface area contributed by atoms with Crippen LogP contribution in [-0.2, 0) is 14.3 Å². The highest BCUT2D eigenvalue weighted by molar-refractivity contribution is 6.43. The Bertz CT molecular complexity index is 485. The van der Waals surface area contributed by atoms with E-state index < -0.39 is 5.97 Å². The zero-order valence-corrected chi connectivity index (χ0v) is 12.4. The van der Waals surface area contributed by atoms with E-state index in [4.69, 9.17) is 14.7 Å². The number of hydrogen-bond donors (Lipinski definition) is 0. The topological polar surface area (TPSA) is 74.9 Å². The molecule has 6 nitrogen and oxygen atoms in total. The first-order chi connectivity index (χ1) is 10.3. The van der Waals surface area contributed by atoms with Crippen LogP contribution in [0.3, 0.4) is 0 Å². The number of nitrogens with zero attached hydrogens (tertiary/aromatic N) is 3. The second-order valence-electron chi connectivity index (χ2n) is 4.99. The van der Waals surface area contributed by atoms with Gasteiger partial charge in [0.2, 0.25) is 5.71 Å². The lowest BCUT2D eigenvalue weighted by atomic mass is 10.00. The first-order valence-electron chi connectivity index (χ1n) is 7.47. The molecule has 0 bridgehead atoms. The molecule has 6 heteroatoms. The number of rotatable bonds is 4. The summed E-state index contributed by atoms with van der Waals surface area (Å²) in [6, 6.07) is 1.86. The summed E-state index contributed by atoms with van der Waals surface area (Å²) in [7, 11) is 0. The molecule has 1 aliphatic heterocycles. The Kier molecular flexibility index (Phi) is 5.76. The molecule has 1 heterocycles.